The number of hydrogen-bond acceptors (Lipinski definition) is 2. The molecule has 0 aromatic rings. The van der Waals surface area contributed by atoms with Crippen molar-refractivity contribution in [3.05, 3.63) is 0 Å². The first-order valence-electron chi connectivity index (χ1n) is 3.75. The summed E-state index contributed by atoms with van der Waals surface area (Å²) in [5.74, 6) is -2.36. The van der Waals surface area contributed by atoms with Crippen molar-refractivity contribution in [2.75, 3.05) is 0 Å². The average molecular weight is 136 g/mol. The molecule has 0 aromatic heterocycles. The zero-order valence-electron chi connectivity index (χ0n) is 7.59. The maximum Gasteiger partial charge on any atom is 0.320 e. The Labute approximate surface area is 57.7 Å². The summed E-state index contributed by atoms with van der Waals surface area (Å²) in [5, 5.41) is 8.39. The fraction of sp³-hybridized carbons (Fsp3) is 0.833. The summed E-state index contributed by atoms with van der Waals surface area (Å²) in [7, 11) is 0. The Balaban J connectivity index is 4.25. The van der Waals surface area contributed by atoms with Gasteiger partial charge in [0.1, 0.15) is 6.04 Å². The molecule has 3 atom stereocenters. The lowest BCUT2D eigenvalue weighted by Crippen LogP contribution is -2.31. The van der Waals surface area contributed by atoms with E-state index < -0.39 is 24.3 Å². The summed E-state index contributed by atoms with van der Waals surface area (Å²) >= 11 is 0. The molecule has 0 spiro atoms. The number of carboxylic acid groups (broad SMARTS) is 1. The van der Waals surface area contributed by atoms with Crippen LogP contribution in [0, 0.1) is 5.89 Å². The topological polar surface area (TPSA) is 63.3 Å². The molecule has 0 aromatic carbocycles. The van der Waals surface area contributed by atoms with E-state index in [1.54, 1.807) is 0 Å². The molecule has 0 saturated heterocycles. The van der Waals surface area contributed by atoms with E-state index in [0.29, 0.717) is 0 Å². The van der Waals surface area contributed by atoms with Crippen molar-refractivity contribution < 1.29 is 12.6 Å². The minimum Gasteiger partial charge on any atom is -0.480 e. The van der Waals surface area contributed by atoms with Crippen LogP contribution in [0.2, 0.25) is 0 Å². The summed E-state index contributed by atoms with van der Waals surface area (Å²) in [5.41, 5.74) is 5.14. The van der Waals surface area contributed by atoms with Gasteiger partial charge in [0.05, 0.1) is 0 Å². The highest BCUT2D eigenvalue weighted by Gasteiger charge is 2.11. The number of nitrogens with two attached hydrogens (primary N) is 1. The van der Waals surface area contributed by atoms with Gasteiger partial charge < -0.3 is 10.8 Å². The van der Waals surface area contributed by atoms with Gasteiger partial charge >= 0.3 is 5.97 Å². The quantitative estimate of drug-likeness (QED) is 0.437. The second-order valence-corrected chi connectivity index (χ2v) is 2.11. The van der Waals surface area contributed by atoms with Crippen LogP contribution >= 0.6 is 0 Å². The Bertz CT molecular complexity index is 155. The third-order valence-corrected chi connectivity index (χ3v) is 0.798. The summed E-state index contributed by atoms with van der Waals surface area (Å²) < 4.78 is 14.6. The molecule has 0 aliphatic carbocycles. The van der Waals surface area contributed by atoms with Crippen LogP contribution in [0.1, 0.15) is 23.0 Å². The van der Waals surface area contributed by atoms with Crippen molar-refractivity contribution in [3.63, 3.8) is 0 Å². The molecule has 0 aliphatic rings. The number of hydrogen-bond donors (Lipinski definition) is 2. The van der Waals surface area contributed by atoms with E-state index >= 15 is 0 Å². The number of carboxylic acids is 1. The lowest BCUT2D eigenvalue weighted by atomic mass is 10.3. The number of carbonyl (C=O) groups is 1. The van der Waals surface area contributed by atoms with Crippen molar-refractivity contribution in [3.8, 4) is 0 Å². The van der Waals surface area contributed by atoms with Crippen LogP contribution in [0.15, 0.2) is 0 Å². The first-order valence-corrected chi connectivity index (χ1v) is 2.67. The Morgan fingerprint density at radius 1 is 2.00 bits per heavy atom. The van der Waals surface area contributed by atoms with Crippen molar-refractivity contribution in [2.45, 2.75) is 26.3 Å². The minimum absolute atomic E-state index is 1.10. The van der Waals surface area contributed by atoms with Crippen LogP contribution in [-0.4, -0.2) is 17.1 Å². The van der Waals surface area contributed by atoms with Gasteiger partial charge in [0, 0.05) is 2.74 Å². The molecule has 0 rings (SSSR count). The lowest BCUT2D eigenvalue weighted by Gasteiger charge is -2.07. The normalized spacial score (nSPS) is 27.0. The van der Waals surface area contributed by atoms with Crippen LogP contribution in [0.25, 0.3) is 0 Å². The molecule has 0 amide bonds. The third-order valence-electron chi connectivity index (χ3n) is 0.798. The smallest absolute Gasteiger partial charge is 0.320 e. The second kappa shape index (κ2) is 3.45. The van der Waals surface area contributed by atoms with Gasteiger partial charge in [0.25, 0.3) is 0 Å². The molecule has 3 heteroatoms. The van der Waals surface area contributed by atoms with Crippen LogP contribution in [-0.2, 0) is 4.79 Å². The Kier molecular flexibility index (Phi) is 2.01. The van der Waals surface area contributed by atoms with Gasteiger partial charge in [-0.05, 0) is 12.3 Å². The van der Waals surface area contributed by atoms with Crippen molar-refractivity contribution in [2.24, 2.45) is 11.6 Å². The van der Waals surface area contributed by atoms with Crippen molar-refractivity contribution >= 4 is 5.97 Å². The van der Waals surface area contributed by atoms with Gasteiger partial charge in [0.2, 0.25) is 0 Å². The molecule has 0 saturated carbocycles. The largest absolute Gasteiger partial charge is 0.480 e. The molecule has 0 bridgehead atoms. The first kappa shape index (κ1) is 5.23. The monoisotopic (exact) mass is 136 g/mol. The van der Waals surface area contributed by atoms with E-state index in [9.17, 15) is 4.79 Å². The second-order valence-electron chi connectivity index (χ2n) is 2.11. The first-order chi connectivity index (χ1) is 4.76. The van der Waals surface area contributed by atoms with Crippen LogP contribution < -0.4 is 5.73 Å². The predicted octanol–water partition coefficient (Wildman–Crippen LogP) is 0.444. The zero-order chi connectivity index (χ0) is 9.23. The molecule has 0 fully saturated rings. The van der Waals surface area contributed by atoms with Gasteiger partial charge in [-0.15, -0.1) is 0 Å². The van der Waals surface area contributed by atoms with Crippen LogP contribution in [0.4, 0.5) is 0 Å². The maximum atomic E-state index is 10.3. The summed E-state index contributed by atoms with van der Waals surface area (Å²) in [6, 6.07) is -1.28. The Hall–Kier alpha value is -0.570. The molecular weight excluding hydrogens is 121 g/mol. The molecule has 54 valence electrons. The van der Waals surface area contributed by atoms with E-state index in [0.717, 1.165) is 0 Å². The summed E-state index contributed by atoms with van der Waals surface area (Å²) in [6.45, 7) is 2.93. The van der Waals surface area contributed by atoms with Gasteiger partial charge in [-0.25, -0.2) is 0 Å². The molecule has 9 heavy (non-hydrogen) atoms. The highest BCUT2D eigenvalue weighted by Crippen LogP contribution is 2.01. The lowest BCUT2D eigenvalue weighted by molar-refractivity contribution is -0.138. The van der Waals surface area contributed by atoms with Crippen molar-refractivity contribution in [1.82, 2.24) is 0 Å². The standard InChI is InChI=1S/C6H13NO2/c1-4(2)3-5(7)6(8)9/h4-5H,3,7H2,1-2H3,(H,8,9)/t5-/m0/s1/i1+1,3+1D,4D,7+1/t3-,4?,5-. The van der Waals surface area contributed by atoms with E-state index in [1.807, 2.05) is 0 Å². The molecule has 1 unspecified atom stereocenters. The fourth-order valence-electron chi connectivity index (χ4n) is 0.430. The zero-order valence-corrected chi connectivity index (χ0v) is 5.59. The third kappa shape index (κ3) is 3.97. The summed E-state index contributed by atoms with van der Waals surface area (Å²) in [6.07, 6.45) is -1.10. The number of aliphatic carboxylic acids is 1. The molecule has 3 N–H and O–H groups in total. The van der Waals surface area contributed by atoms with E-state index in [1.165, 1.54) is 13.8 Å². The minimum atomic E-state index is -1.28. The summed E-state index contributed by atoms with van der Waals surface area (Å²) in [4.78, 5) is 10.3. The SMILES string of the molecule is [2H][13C@H]([C@H]([15NH2])C(=O)O)C([2H])(C)[13CH3]. The molecular formula is C6H13NO2. The number of rotatable bonds is 3. The van der Waals surface area contributed by atoms with Gasteiger partial charge in [-0.1, -0.05) is 13.8 Å². The van der Waals surface area contributed by atoms with Crippen LogP contribution in [0.3, 0.4) is 0 Å². The predicted molar refractivity (Wildman–Crippen MR) is 35.1 cm³/mol. The molecule has 0 aliphatic heterocycles. The molecule has 3 nitrogen and oxygen atoms in total. The average Bonchev–Trinajstić information content (AvgIpc) is 1.82. The van der Waals surface area contributed by atoms with Gasteiger partial charge in [0.15, 0.2) is 0 Å². The van der Waals surface area contributed by atoms with Crippen LogP contribution in [0.5, 0.6) is 0 Å². The van der Waals surface area contributed by atoms with E-state index in [2.05, 4.69) is 0 Å². The van der Waals surface area contributed by atoms with Gasteiger partial charge in [-0.3, -0.25) is 4.79 Å². The van der Waals surface area contributed by atoms with Gasteiger partial charge in [-0.2, -0.15) is 0 Å². The maximum absolute atomic E-state index is 10.3. The highest BCUT2D eigenvalue weighted by molar-refractivity contribution is 5.72. The van der Waals surface area contributed by atoms with E-state index in [4.69, 9.17) is 13.6 Å². The highest BCUT2D eigenvalue weighted by atomic mass is 16.4. The van der Waals surface area contributed by atoms with Crippen molar-refractivity contribution in [1.29, 1.82) is 0 Å². The molecule has 0 heterocycles. The Morgan fingerprint density at radius 3 is 2.56 bits per heavy atom. The fourth-order valence-corrected chi connectivity index (χ4v) is 0.430. The van der Waals surface area contributed by atoms with E-state index in [-0.39, 0.29) is 0 Å². The Morgan fingerprint density at radius 2 is 2.44 bits per heavy atom. The molecule has 0 radical (unpaired) electrons.